The first-order valence-electron chi connectivity index (χ1n) is 5.30. The molecule has 5 nitrogen and oxygen atoms in total. The van der Waals surface area contributed by atoms with Crippen LogP contribution in [0, 0.1) is 5.41 Å². The Hall–Kier alpha value is -1.10. The highest BCUT2D eigenvalue weighted by Gasteiger charge is 2.29. The van der Waals surface area contributed by atoms with Gasteiger partial charge in [0.05, 0.1) is 0 Å². The van der Waals surface area contributed by atoms with Crippen molar-refractivity contribution < 1.29 is 19.5 Å². The molecule has 0 aromatic heterocycles. The first-order chi connectivity index (χ1) is 7.68. The fourth-order valence-electron chi connectivity index (χ4n) is 1.04. The third kappa shape index (κ3) is 6.26. The number of ketones is 1. The van der Waals surface area contributed by atoms with E-state index in [1.165, 1.54) is 0 Å². The largest absolute Gasteiger partial charge is 0.480 e. The Morgan fingerprint density at radius 3 is 2.18 bits per heavy atom. The molecule has 0 saturated carbocycles. The van der Waals surface area contributed by atoms with E-state index in [0.29, 0.717) is 0 Å². The normalized spacial score (nSPS) is 12.9. The minimum Gasteiger partial charge on any atom is -0.480 e. The molecule has 0 aromatic rings. The topological polar surface area (TPSA) is 83.5 Å². The zero-order chi connectivity index (χ0) is 13.6. The number of hydrogen-bond acceptors (Lipinski definition) is 3. The summed E-state index contributed by atoms with van der Waals surface area (Å²) in [7, 11) is 0. The van der Waals surface area contributed by atoms with Crippen LogP contribution in [0.1, 0.15) is 33.6 Å². The Bertz CT molecular complexity index is 309. The molecule has 0 fully saturated rings. The van der Waals surface area contributed by atoms with Crippen LogP contribution in [-0.2, 0) is 14.4 Å². The molecule has 0 aliphatic carbocycles. The maximum atomic E-state index is 11.7. The predicted octanol–water partition coefficient (Wildman–Crippen LogP) is 1.19. The van der Waals surface area contributed by atoms with Gasteiger partial charge in [0.15, 0.2) is 0 Å². The maximum absolute atomic E-state index is 11.7. The van der Waals surface area contributed by atoms with Crippen molar-refractivity contribution in [1.29, 1.82) is 0 Å². The van der Waals surface area contributed by atoms with Crippen molar-refractivity contribution in [2.75, 3.05) is 5.88 Å². The van der Waals surface area contributed by atoms with Crippen molar-refractivity contribution >= 4 is 29.3 Å². The molecule has 1 amide bonds. The summed E-state index contributed by atoms with van der Waals surface area (Å²) in [6.07, 6.45) is -0.179. The minimum atomic E-state index is -1.22. The predicted molar refractivity (Wildman–Crippen MR) is 64.0 cm³/mol. The number of halogens is 1. The van der Waals surface area contributed by atoms with E-state index in [1.807, 2.05) is 0 Å². The van der Waals surface area contributed by atoms with E-state index in [9.17, 15) is 14.4 Å². The number of carboxylic acids is 1. The number of rotatable bonds is 6. The Labute approximate surface area is 106 Å². The summed E-state index contributed by atoms with van der Waals surface area (Å²) in [5.41, 5.74) is -0.620. The molecule has 0 radical (unpaired) electrons. The first-order valence-corrected chi connectivity index (χ1v) is 5.83. The van der Waals surface area contributed by atoms with Gasteiger partial charge in [-0.25, -0.2) is 4.79 Å². The van der Waals surface area contributed by atoms with Crippen molar-refractivity contribution in [3.05, 3.63) is 0 Å². The van der Waals surface area contributed by atoms with E-state index in [-0.39, 0.29) is 24.5 Å². The summed E-state index contributed by atoms with van der Waals surface area (Å²) in [5, 5.41) is 11.2. The number of carbonyl (C=O) groups excluding carboxylic acids is 2. The van der Waals surface area contributed by atoms with Crippen molar-refractivity contribution in [1.82, 2.24) is 5.32 Å². The van der Waals surface area contributed by atoms with Crippen molar-refractivity contribution in [2.24, 2.45) is 5.41 Å². The molecule has 0 spiro atoms. The second-order valence-electron chi connectivity index (χ2n) is 4.77. The fraction of sp³-hybridized carbons (Fsp3) is 0.727. The van der Waals surface area contributed by atoms with Gasteiger partial charge in [0, 0.05) is 24.1 Å². The van der Waals surface area contributed by atoms with Gasteiger partial charge in [-0.2, -0.15) is 0 Å². The standard InChI is InChI=1S/C11H18ClNO4/c1-11(2,3)8(14)6-7(10(16)17)13-9(15)4-5-12/h7H,4-6H2,1-3H3,(H,13,15)(H,16,17). The number of aliphatic carboxylic acids is 1. The molecule has 6 heteroatoms. The maximum Gasteiger partial charge on any atom is 0.326 e. The van der Waals surface area contributed by atoms with E-state index >= 15 is 0 Å². The molecular weight excluding hydrogens is 246 g/mol. The zero-order valence-corrected chi connectivity index (χ0v) is 11.0. The average molecular weight is 264 g/mol. The number of hydrogen-bond donors (Lipinski definition) is 2. The van der Waals surface area contributed by atoms with Crippen LogP contribution in [0.25, 0.3) is 0 Å². The number of alkyl halides is 1. The van der Waals surface area contributed by atoms with E-state index in [0.717, 1.165) is 0 Å². The molecule has 0 aromatic carbocycles. The van der Waals surface area contributed by atoms with Gasteiger partial charge in [-0.3, -0.25) is 9.59 Å². The van der Waals surface area contributed by atoms with Crippen LogP contribution in [0.15, 0.2) is 0 Å². The Morgan fingerprint density at radius 1 is 1.29 bits per heavy atom. The lowest BCUT2D eigenvalue weighted by atomic mass is 9.87. The lowest BCUT2D eigenvalue weighted by Crippen LogP contribution is -2.43. The molecule has 98 valence electrons. The number of carbonyl (C=O) groups is 3. The molecule has 0 heterocycles. The minimum absolute atomic E-state index is 0.0367. The highest BCUT2D eigenvalue weighted by molar-refractivity contribution is 6.19. The van der Waals surface area contributed by atoms with Crippen LogP contribution in [0.2, 0.25) is 0 Å². The van der Waals surface area contributed by atoms with E-state index in [4.69, 9.17) is 16.7 Å². The molecule has 1 atom stereocenters. The van der Waals surface area contributed by atoms with Crippen molar-refractivity contribution in [2.45, 2.75) is 39.7 Å². The molecule has 0 aliphatic heterocycles. The van der Waals surface area contributed by atoms with E-state index < -0.39 is 23.3 Å². The van der Waals surface area contributed by atoms with Gasteiger partial charge in [0.25, 0.3) is 0 Å². The SMILES string of the molecule is CC(C)(C)C(=O)CC(NC(=O)CCCl)C(=O)O. The third-order valence-corrected chi connectivity index (χ3v) is 2.37. The average Bonchev–Trinajstić information content (AvgIpc) is 2.15. The molecule has 1 unspecified atom stereocenters. The molecule has 0 aliphatic rings. The molecule has 0 saturated heterocycles. The molecule has 0 bridgehead atoms. The molecular formula is C11H18ClNO4. The summed E-state index contributed by atoms with van der Waals surface area (Å²) >= 11 is 5.36. The highest BCUT2D eigenvalue weighted by atomic mass is 35.5. The van der Waals surface area contributed by atoms with Gasteiger partial charge < -0.3 is 10.4 Å². The van der Waals surface area contributed by atoms with Gasteiger partial charge in [0.1, 0.15) is 11.8 Å². The van der Waals surface area contributed by atoms with Gasteiger partial charge in [-0.05, 0) is 0 Å². The number of amides is 1. The van der Waals surface area contributed by atoms with Crippen LogP contribution in [0.3, 0.4) is 0 Å². The third-order valence-electron chi connectivity index (χ3n) is 2.18. The second kappa shape index (κ2) is 6.59. The second-order valence-corrected chi connectivity index (χ2v) is 5.15. The first kappa shape index (κ1) is 15.9. The quantitative estimate of drug-likeness (QED) is 0.705. The fourth-order valence-corrected chi connectivity index (χ4v) is 1.22. The number of carboxylic acid groups (broad SMARTS) is 1. The van der Waals surface area contributed by atoms with Crippen LogP contribution in [0.5, 0.6) is 0 Å². The smallest absolute Gasteiger partial charge is 0.326 e. The molecule has 2 N–H and O–H groups in total. The van der Waals surface area contributed by atoms with Gasteiger partial charge >= 0.3 is 5.97 Å². The highest BCUT2D eigenvalue weighted by Crippen LogP contribution is 2.17. The summed E-state index contributed by atoms with van der Waals surface area (Å²) in [6.45, 7) is 5.11. The Morgan fingerprint density at radius 2 is 1.82 bits per heavy atom. The summed E-state index contributed by atoms with van der Waals surface area (Å²) < 4.78 is 0. The number of Topliss-reactive ketones (excluding diaryl/α,β-unsaturated/α-hetero) is 1. The Balaban J connectivity index is 4.51. The summed E-state index contributed by atoms with van der Waals surface area (Å²) in [5.74, 6) is -1.78. The lowest BCUT2D eigenvalue weighted by molar-refractivity contribution is -0.144. The van der Waals surface area contributed by atoms with Crippen LogP contribution < -0.4 is 5.32 Å². The number of nitrogens with one attached hydrogen (secondary N) is 1. The lowest BCUT2D eigenvalue weighted by Gasteiger charge is -2.20. The van der Waals surface area contributed by atoms with Crippen LogP contribution >= 0.6 is 11.6 Å². The summed E-state index contributed by atoms with van der Waals surface area (Å²) in [4.78, 5) is 33.8. The molecule has 17 heavy (non-hydrogen) atoms. The summed E-state index contributed by atoms with van der Waals surface area (Å²) in [6, 6.07) is -1.18. The monoisotopic (exact) mass is 263 g/mol. The van der Waals surface area contributed by atoms with E-state index in [2.05, 4.69) is 5.32 Å². The van der Waals surface area contributed by atoms with Gasteiger partial charge in [0.2, 0.25) is 5.91 Å². The van der Waals surface area contributed by atoms with Crippen LogP contribution in [-0.4, -0.2) is 34.7 Å². The van der Waals surface area contributed by atoms with Crippen molar-refractivity contribution in [3.8, 4) is 0 Å². The van der Waals surface area contributed by atoms with Gasteiger partial charge in [-0.15, -0.1) is 11.6 Å². The molecule has 0 rings (SSSR count). The van der Waals surface area contributed by atoms with Gasteiger partial charge in [-0.1, -0.05) is 20.8 Å². The van der Waals surface area contributed by atoms with Crippen molar-refractivity contribution in [3.63, 3.8) is 0 Å². The zero-order valence-electron chi connectivity index (χ0n) is 10.2. The van der Waals surface area contributed by atoms with E-state index in [1.54, 1.807) is 20.8 Å². The Kier molecular flexibility index (Phi) is 6.16. The van der Waals surface area contributed by atoms with Crippen LogP contribution in [0.4, 0.5) is 0 Å².